The number of pyridine rings is 1. The van der Waals surface area contributed by atoms with Gasteiger partial charge in [-0.05, 0) is 31.0 Å². The number of hydrogen-bond acceptors (Lipinski definition) is 6. The molecule has 0 spiro atoms. The Morgan fingerprint density at radius 3 is 2.53 bits per heavy atom. The number of anilines is 2. The molecule has 0 radical (unpaired) electrons. The van der Waals surface area contributed by atoms with Gasteiger partial charge in [-0.1, -0.05) is 0 Å². The predicted molar refractivity (Wildman–Crippen MR) is 112 cm³/mol. The number of carbonyl (C=O) groups excluding carboxylic acids is 2. The van der Waals surface area contributed by atoms with Crippen molar-refractivity contribution in [2.45, 2.75) is 25.4 Å². The zero-order chi connectivity index (χ0) is 24.3. The molecule has 34 heavy (non-hydrogen) atoms. The van der Waals surface area contributed by atoms with Gasteiger partial charge in [0, 0.05) is 42.4 Å². The smallest absolute Gasteiger partial charge is 0.433 e. The fourth-order valence-corrected chi connectivity index (χ4v) is 2.99. The molecule has 2 heterocycles. The van der Waals surface area contributed by atoms with Crippen molar-refractivity contribution in [2.24, 2.45) is 5.92 Å². The molecule has 0 aliphatic heterocycles. The van der Waals surface area contributed by atoms with Gasteiger partial charge in [-0.2, -0.15) is 13.2 Å². The van der Waals surface area contributed by atoms with Crippen molar-refractivity contribution < 1.29 is 31.9 Å². The summed E-state index contributed by atoms with van der Waals surface area (Å²) in [5, 5.41) is 4.41. The molecular weight excluding hydrogens is 458 g/mol. The van der Waals surface area contributed by atoms with Gasteiger partial charge in [0.2, 0.25) is 0 Å². The van der Waals surface area contributed by atoms with Gasteiger partial charge < -0.3 is 10.1 Å². The van der Waals surface area contributed by atoms with E-state index in [-0.39, 0.29) is 41.1 Å². The van der Waals surface area contributed by atoms with E-state index in [9.17, 15) is 27.2 Å². The van der Waals surface area contributed by atoms with Crippen LogP contribution in [0.2, 0.25) is 0 Å². The summed E-state index contributed by atoms with van der Waals surface area (Å²) in [6.07, 6.45) is -0.605. The van der Waals surface area contributed by atoms with Crippen LogP contribution in [0.15, 0.2) is 48.9 Å². The number of ether oxygens (including phenoxy) is 1. The summed E-state index contributed by atoms with van der Waals surface area (Å²) < 4.78 is 58.2. The molecule has 1 aromatic carbocycles. The number of benzene rings is 1. The van der Waals surface area contributed by atoms with E-state index >= 15 is 0 Å². The van der Waals surface area contributed by atoms with Crippen molar-refractivity contribution in [2.75, 3.05) is 10.6 Å². The standard InChI is InChI=1S/C22H17F4N5O3/c23-16-8-13(30-21(33)31-20-10-19(22(24,25)26)28-11-29-20)3-4-18(16)34-15-5-6-27-14(7-15)9-17(32)12-1-2-12/h3-8,10-12H,1-2,9H2,(H2,28,29,30,31,33). The van der Waals surface area contributed by atoms with Crippen LogP contribution in [0.5, 0.6) is 11.5 Å². The molecule has 1 aliphatic carbocycles. The van der Waals surface area contributed by atoms with Gasteiger partial charge in [-0.25, -0.2) is 19.2 Å². The number of hydrogen-bond donors (Lipinski definition) is 2. The number of urea groups is 1. The molecule has 8 nitrogen and oxygen atoms in total. The van der Waals surface area contributed by atoms with E-state index in [0.717, 1.165) is 18.9 Å². The maximum atomic E-state index is 14.5. The number of rotatable bonds is 7. The first-order valence-electron chi connectivity index (χ1n) is 10.1. The second kappa shape index (κ2) is 9.41. The van der Waals surface area contributed by atoms with Gasteiger partial charge >= 0.3 is 12.2 Å². The van der Waals surface area contributed by atoms with E-state index in [4.69, 9.17) is 4.74 Å². The van der Waals surface area contributed by atoms with Crippen LogP contribution in [-0.4, -0.2) is 26.8 Å². The average Bonchev–Trinajstić information content (AvgIpc) is 3.61. The lowest BCUT2D eigenvalue weighted by molar-refractivity contribution is -0.141. The van der Waals surface area contributed by atoms with Crippen molar-refractivity contribution in [3.63, 3.8) is 0 Å². The first-order valence-corrected chi connectivity index (χ1v) is 10.1. The van der Waals surface area contributed by atoms with Gasteiger partial charge in [-0.15, -0.1) is 0 Å². The topological polar surface area (TPSA) is 106 Å². The van der Waals surface area contributed by atoms with Gasteiger partial charge in [0.05, 0.1) is 5.69 Å². The Bertz CT molecular complexity index is 1230. The highest BCUT2D eigenvalue weighted by Crippen LogP contribution is 2.32. The van der Waals surface area contributed by atoms with Crippen molar-refractivity contribution in [1.29, 1.82) is 0 Å². The highest BCUT2D eigenvalue weighted by Gasteiger charge is 2.33. The Morgan fingerprint density at radius 2 is 1.82 bits per heavy atom. The normalized spacial score (nSPS) is 13.3. The summed E-state index contributed by atoms with van der Waals surface area (Å²) in [5.74, 6) is -0.818. The SMILES string of the molecule is O=C(Nc1ccc(Oc2ccnc(CC(=O)C3CC3)c2)c(F)c1)Nc1cc(C(F)(F)F)ncn1. The molecule has 0 saturated heterocycles. The van der Waals surface area contributed by atoms with Gasteiger partial charge in [-0.3, -0.25) is 15.1 Å². The number of halogens is 4. The second-order valence-electron chi connectivity index (χ2n) is 7.51. The number of nitrogens with one attached hydrogen (secondary N) is 2. The lowest BCUT2D eigenvalue weighted by Crippen LogP contribution is -2.21. The van der Waals surface area contributed by atoms with E-state index < -0.39 is 23.7 Å². The Hall–Kier alpha value is -4.09. The van der Waals surface area contributed by atoms with Gasteiger partial charge in [0.25, 0.3) is 0 Å². The number of aromatic nitrogens is 3. The van der Waals surface area contributed by atoms with Crippen LogP contribution in [-0.2, 0) is 17.4 Å². The monoisotopic (exact) mass is 475 g/mol. The molecule has 1 aliphatic rings. The second-order valence-corrected chi connectivity index (χ2v) is 7.51. The summed E-state index contributed by atoms with van der Waals surface area (Å²) in [4.78, 5) is 34.8. The summed E-state index contributed by atoms with van der Waals surface area (Å²) in [7, 11) is 0. The van der Waals surface area contributed by atoms with Crippen LogP contribution in [0, 0.1) is 11.7 Å². The summed E-state index contributed by atoms with van der Waals surface area (Å²) >= 11 is 0. The fraction of sp³-hybridized carbons (Fsp3) is 0.227. The molecule has 0 unspecified atom stereocenters. The maximum Gasteiger partial charge on any atom is 0.433 e. The minimum absolute atomic E-state index is 0.0258. The van der Waals surface area contributed by atoms with E-state index in [2.05, 4.69) is 25.6 Å². The first-order chi connectivity index (χ1) is 16.2. The van der Waals surface area contributed by atoms with Gasteiger partial charge in [0.1, 0.15) is 29.4 Å². The van der Waals surface area contributed by atoms with Crippen LogP contribution in [0.4, 0.5) is 33.9 Å². The van der Waals surface area contributed by atoms with Crippen molar-refractivity contribution in [3.8, 4) is 11.5 Å². The van der Waals surface area contributed by atoms with Crippen LogP contribution in [0.25, 0.3) is 0 Å². The van der Waals surface area contributed by atoms with E-state index in [1.807, 2.05) is 0 Å². The van der Waals surface area contributed by atoms with Crippen LogP contribution in [0.1, 0.15) is 24.2 Å². The minimum atomic E-state index is -4.70. The third kappa shape index (κ3) is 6.03. The van der Waals surface area contributed by atoms with Crippen LogP contribution < -0.4 is 15.4 Å². The molecular formula is C22H17F4N5O3. The highest BCUT2D eigenvalue weighted by atomic mass is 19.4. The average molecular weight is 475 g/mol. The molecule has 1 saturated carbocycles. The first kappa shape index (κ1) is 23.1. The summed E-state index contributed by atoms with van der Waals surface area (Å²) in [6, 6.07) is 6.30. The number of nitrogens with zero attached hydrogens (tertiary/aromatic N) is 3. The number of amides is 2. The Labute approximate surface area is 190 Å². The largest absolute Gasteiger partial charge is 0.454 e. The predicted octanol–water partition coefficient (Wildman–Crippen LogP) is 4.99. The molecule has 4 rings (SSSR count). The van der Waals surface area contributed by atoms with Crippen molar-refractivity contribution in [1.82, 2.24) is 15.0 Å². The molecule has 2 N–H and O–H groups in total. The molecule has 0 atom stereocenters. The Kier molecular flexibility index (Phi) is 6.39. The quantitative estimate of drug-likeness (QED) is 0.467. The van der Waals surface area contributed by atoms with Gasteiger partial charge in [0.15, 0.2) is 11.6 Å². The number of ketones is 1. The molecule has 176 valence electrons. The van der Waals surface area contributed by atoms with Crippen molar-refractivity contribution in [3.05, 3.63) is 66.1 Å². The third-order valence-electron chi connectivity index (χ3n) is 4.79. The molecule has 3 aromatic rings. The Balaban J connectivity index is 1.38. The highest BCUT2D eigenvalue weighted by molar-refractivity contribution is 5.99. The number of alkyl halides is 3. The number of carbonyl (C=O) groups is 2. The molecule has 2 amide bonds. The van der Waals surface area contributed by atoms with E-state index in [1.165, 1.54) is 24.4 Å². The van der Waals surface area contributed by atoms with E-state index in [1.54, 1.807) is 6.07 Å². The maximum absolute atomic E-state index is 14.5. The van der Waals surface area contributed by atoms with Crippen LogP contribution in [0.3, 0.4) is 0 Å². The zero-order valence-corrected chi connectivity index (χ0v) is 17.4. The number of Topliss-reactive ketones (excluding diaryl/α,β-unsaturated/α-hetero) is 1. The van der Waals surface area contributed by atoms with E-state index in [0.29, 0.717) is 18.1 Å². The molecule has 2 aromatic heterocycles. The molecule has 0 bridgehead atoms. The lowest BCUT2D eigenvalue weighted by Gasteiger charge is -2.11. The third-order valence-corrected chi connectivity index (χ3v) is 4.79. The summed E-state index contributed by atoms with van der Waals surface area (Å²) in [6.45, 7) is 0. The Morgan fingerprint density at radius 1 is 1.03 bits per heavy atom. The summed E-state index contributed by atoms with van der Waals surface area (Å²) in [5.41, 5.74) is -0.678. The lowest BCUT2D eigenvalue weighted by atomic mass is 10.1. The molecule has 12 heteroatoms. The zero-order valence-electron chi connectivity index (χ0n) is 17.4. The van der Waals surface area contributed by atoms with Crippen LogP contribution >= 0.6 is 0 Å². The minimum Gasteiger partial charge on any atom is -0.454 e. The molecule has 1 fully saturated rings. The van der Waals surface area contributed by atoms with Crippen molar-refractivity contribution >= 4 is 23.3 Å². The fourth-order valence-electron chi connectivity index (χ4n) is 2.99.